The molecular formula is C18H27NO3. The van der Waals surface area contributed by atoms with Gasteiger partial charge in [-0.05, 0) is 25.3 Å². The van der Waals surface area contributed by atoms with Crippen LogP contribution in [-0.4, -0.2) is 36.5 Å². The summed E-state index contributed by atoms with van der Waals surface area (Å²) in [5, 5.41) is 0. The maximum atomic E-state index is 12.4. The van der Waals surface area contributed by atoms with Gasteiger partial charge in [-0.25, -0.2) is 0 Å². The van der Waals surface area contributed by atoms with Crippen LogP contribution in [0.1, 0.15) is 45.1 Å². The third-order valence-corrected chi connectivity index (χ3v) is 3.50. The van der Waals surface area contributed by atoms with Gasteiger partial charge in [-0.1, -0.05) is 43.7 Å². The van der Waals surface area contributed by atoms with Gasteiger partial charge in [-0.15, -0.1) is 0 Å². The number of carbonyl (C=O) groups is 2. The van der Waals surface area contributed by atoms with Gasteiger partial charge in [-0.3, -0.25) is 9.59 Å². The van der Waals surface area contributed by atoms with E-state index in [4.69, 9.17) is 4.74 Å². The molecule has 4 nitrogen and oxygen atoms in total. The molecule has 0 fully saturated rings. The van der Waals surface area contributed by atoms with Crippen molar-refractivity contribution in [2.45, 2.75) is 46.0 Å². The number of aryl methyl sites for hydroxylation is 1. The Kier molecular flexibility index (Phi) is 8.96. The molecule has 0 aliphatic carbocycles. The lowest BCUT2D eigenvalue weighted by atomic mass is 10.1. The van der Waals surface area contributed by atoms with Gasteiger partial charge < -0.3 is 9.64 Å². The van der Waals surface area contributed by atoms with Crippen molar-refractivity contribution in [1.29, 1.82) is 0 Å². The summed E-state index contributed by atoms with van der Waals surface area (Å²) in [5.74, 6) is -0.124. The minimum atomic E-state index is -0.236. The molecule has 1 rings (SSSR count). The summed E-state index contributed by atoms with van der Waals surface area (Å²) in [5.41, 5.74) is 1.16. The van der Waals surface area contributed by atoms with Crippen LogP contribution in [0.5, 0.6) is 0 Å². The number of hydrogen-bond donors (Lipinski definition) is 0. The van der Waals surface area contributed by atoms with Gasteiger partial charge in [0.1, 0.15) is 0 Å². The number of benzene rings is 1. The zero-order chi connectivity index (χ0) is 16.2. The molecule has 0 heterocycles. The Balaban J connectivity index is 2.46. The quantitative estimate of drug-likeness (QED) is 0.624. The van der Waals surface area contributed by atoms with Crippen LogP contribution in [0.25, 0.3) is 0 Å². The first-order chi connectivity index (χ1) is 10.7. The standard InChI is InChI=1S/C18H27NO3/c1-3-5-14-19(15-13-18(21)22-4-2)17(20)12-11-16-9-7-6-8-10-16/h6-10H,3-5,11-15H2,1-2H3. The van der Waals surface area contributed by atoms with Crippen LogP contribution in [0.4, 0.5) is 0 Å². The van der Waals surface area contributed by atoms with E-state index in [1.165, 1.54) is 0 Å². The molecule has 1 aromatic rings. The molecule has 0 aromatic heterocycles. The van der Waals surface area contributed by atoms with Crippen molar-refractivity contribution in [2.24, 2.45) is 0 Å². The second kappa shape index (κ2) is 10.8. The SMILES string of the molecule is CCCCN(CCC(=O)OCC)C(=O)CCc1ccccc1. The van der Waals surface area contributed by atoms with Crippen molar-refractivity contribution in [3.8, 4) is 0 Å². The first kappa shape index (κ1) is 18.2. The Morgan fingerprint density at radius 1 is 1.05 bits per heavy atom. The molecule has 0 saturated heterocycles. The third-order valence-electron chi connectivity index (χ3n) is 3.50. The van der Waals surface area contributed by atoms with Crippen LogP contribution in [0, 0.1) is 0 Å². The minimum absolute atomic E-state index is 0.113. The lowest BCUT2D eigenvalue weighted by Crippen LogP contribution is -2.34. The summed E-state index contributed by atoms with van der Waals surface area (Å²) in [7, 11) is 0. The molecule has 22 heavy (non-hydrogen) atoms. The number of nitrogens with zero attached hydrogens (tertiary/aromatic N) is 1. The van der Waals surface area contributed by atoms with Gasteiger partial charge in [0.15, 0.2) is 0 Å². The highest BCUT2D eigenvalue weighted by Crippen LogP contribution is 2.07. The summed E-state index contributed by atoms with van der Waals surface area (Å²) in [6, 6.07) is 9.99. The molecular weight excluding hydrogens is 278 g/mol. The lowest BCUT2D eigenvalue weighted by molar-refractivity contribution is -0.144. The van der Waals surface area contributed by atoms with Crippen LogP contribution in [-0.2, 0) is 20.7 Å². The van der Waals surface area contributed by atoms with Crippen molar-refractivity contribution in [3.63, 3.8) is 0 Å². The summed E-state index contributed by atoms with van der Waals surface area (Å²) in [4.78, 5) is 25.6. The van der Waals surface area contributed by atoms with Crippen LogP contribution < -0.4 is 0 Å². The van der Waals surface area contributed by atoms with Crippen molar-refractivity contribution in [1.82, 2.24) is 4.90 Å². The molecule has 0 aliphatic rings. The average molecular weight is 305 g/mol. The van der Waals surface area contributed by atoms with E-state index in [1.54, 1.807) is 11.8 Å². The van der Waals surface area contributed by atoms with Gasteiger partial charge in [0, 0.05) is 19.5 Å². The molecule has 0 bridgehead atoms. The zero-order valence-corrected chi connectivity index (χ0v) is 13.7. The highest BCUT2D eigenvalue weighted by Gasteiger charge is 2.15. The Morgan fingerprint density at radius 2 is 1.77 bits per heavy atom. The first-order valence-electron chi connectivity index (χ1n) is 8.14. The molecule has 122 valence electrons. The van der Waals surface area contributed by atoms with E-state index in [0.717, 1.165) is 24.8 Å². The molecule has 1 amide bonds. The average Bonchev–Trinajstić information content (AvgIpc) is 2.54. The largest absolute Gasteiger partial charge is 0.466 e. The molecule has 0 atom stereocenters. The van der Waals surface area contributed by atoms with Crippen molar-refractivity contribution >= 4 is 11.9 Å². The number of rotatable bonds is 10. The molecule has 0 N–H and O–H groups in total. The van der Waals surface area contributed by atoms with E-state index >= 15 is 0 Å². The number of amides is 1. The van der Waals surface area contributed by atoms with Crippen LogP contribution in [0.15, 0.2) is 30.3 Å². The smallest absolute Gasteiger partial charge is 0.307 e. The Morgan fingerprint density at radius 3 is 2.41 bits per heavy atom. The molecule has 1 aromatic carbocycles. The molecule has 0 radical (unpaired) electrons. The Hall–Kier alpha value is -1.84. The Bertz CT molecular complexity index is 445. The third kappa shape index (κ3) is 7.25. The lowest BCUT2D eigenvalue weighted by Gasteiger charge is -2.22. The highest BCUT2D eigenvalue weighted by molar-refractivity contribution is 5.77. The summed E-state index contributed by atoms with van der Waals surface area (Å²) < 4.78 is 4.93. The fourth-order valence-electron chi connectivity index (χ4n) is 2.22. The van der Waals surface area contributed by atoms with E-state index in [2.05, 4.69) is 6.92 Å². The molecule has 4 heteroatoms. The number of unbranched alkanes of at least 4 members (excludes halogenated alkanes) is 1. The predicted octanol–water partition coefficient (Wildman–Crippen LogP) is 3.20. The van der Waals surface area contributed by atoms with Crippen LogP contribution in [0.2, 0.25) is 0 Å². The zero-order valence-electron chi connectivity index (χ0n) is 13.7. The summed E-state index contributed by atoms with van der Waals surface area (Å²) in [6.45, 7) is 5.43. The molecule has 0 aliphatic heterocycles. The van der Waals surface area contributed by atoms with Gasteiger partial charge in [-0.2, -0.15) is 0 Å². The maximum absolute atomic E-state index is 12.4. The molecule has 0 saturated carbocycles. The van der Waals surface area contributed by atoms with Crippen molar-refractivity contribution in [3.05, 3.63) is 35.9 Å². The molecule has 0 spiro atoms. The van der Waals surface area contributed by atoms with Crippen LogP contribution >= 0.6 is 0 Å². The van der Waals surface area contributed by atoms with Crippen molar-refractivity contribution < 1.29 is 14.3 Å². The summed E-state index contributed by atoms with van der Waals surface area (Å²) in [6.07, 6.45) is 3.48. The summed E-state index contributed by atoms with van der Waals surface area (Å²) >= 11 is 0. The topological polar surface area (TPSA) is 46.6 Å². The molecule has 0 unspecified atom stereocenters. The van der Waals surface area contributed by atoms with E-state index in [1.807, 2.05) is 30.3 Å². The fourth-order valence-corrected chi connectivity index (χ4v) is 2.22. The van der Waals surface area contributed by atoms with Gasteiger partial charge in [0.25, 0.3) is 0 Å². The van der Waals surface area contributed by atoms with Crippen molar-refractivity contribution in [2.75, 3.05) is 19.7 Å². The number of esters is 1. The number of hydrogen-bond acceptors (Lipinski definition) is 3. The van der Waals surface area contributed by atoms with E-state index in [0.29, 0.717) is 26.1 Å². The second-order valence-corrected chi connectivity index (χ2v) is 5.27. The highest BCUT2D eigenvalue weighted by atomic mass is 16.5. The monoisotopic (exact) mass is 305 g/mol. The van der Waals surface area contributed by atoms with Crippen LogP contribution in [0.3, 0.4) is 0 Å². The number of carbonyl (C=O) groups excluding carboxylic acids is 2. The van der Waals surface area contributed by atoms with E-state index in [9.17, 15) is 9.59 Å². The van der Waals surface area contributed by atoms with Gasteiger partial charge in [0.2, 0.25) is 5.91 Å². The number of ether oxygens (including phenoxy) is 1. The first-order valence-corrected chi connectivity index (χ1v) is 8.14. The second-order valence-electron chi connectivity index (χ2n) is 5.27. The van der Waals surface area contributed by atoms with E-state index < -0.39 is 0 Å². The van der Waals surface area contributed by atoms with E-state index in [-0.39, 0.29) is 18.3 Å². The predicted molar refractivity (Wildman–Crippen MR) is 87.5 cm³/mol. The van der Waals surface area contributed by atoms with Gasteiger partial charge >= 0.3 is 5.97 Å². The normalized spacial score (nSPS) is 10.3. The Labute approximate surface area is 133 Å². The maximum Gasteiger partial charge on any atom is 0.307 e. The van der Waals surface area contributed by atoms with Gasteiger partial charge in [0.05, 0.1) is 13.0 Å². The minimum Gasteiger partial charge on any atom is -0.466 e. The fraction of sp³-hybridized carbons (Fsp3) is 0.556.